The van der Waals surface area contributed by atoms with Crippen LogP contribution in [-0.2, 0) is 0 Å². The van der Waals surface area contributed by atoms with Crippen molar-refractivity contribution in [2.24, 2.45) is 5.73 Å². The molecular weight excluding hydrogens is 399 g/mol. The molecule has 0 bridgehead atoms. The molecule has 0 aliphatic carbocycles. The zero-order chi connectivity index (χ0) is 17.8. The van der Waals surface area contributed by atoms with Crippen LogP contribution >= 0.6 is 58.0 Å². The summed E-state index contributed by atoms with van der Waals surface area (Å²) in [7, 11) is 0. The summed E-state index contributed by atoms with van der Waals surface area (Å²) < 4.78 is 0. The van der Waals surface area contributed by atoms with Crippen molar-refractivity contribution in [1.29, 1.82) is 0 Å². The molecule has 0 aliphatic rings. The zero-order valence-corrected chi connectivity index (χ0v) is 17.1. The van der Waals surface area contributed by atoms with Gasteiger partial charge in [0.25, 0.3) is 0 Å². The van der Waals surface area contributed by atoms with E-state index >= 15 is 0 Å². The monoisotopic (exact) mass is 421 g/mol. The minimum Gasteiger partial charge on any atom is -0.505 e. The molecule has 0 heterocycles. The molecule has 0 radical (unpaired) electrons. The quantitative estimate of drug-likeness (QED) is 0.255. The number of phenolic OH excluding ortho intramolecular Hbond substituents is 1. The molecule has 0 amide bonds. The van der Waals surface area contributed by atoms with Gasteiger partial charge in [-0.25, -0.2) is 0 Å². The summed E-state index contributed by atoms with van der Waals surface area (Å²) in [4.78, 5) is 0. The topological polar surface area (TPSA) is 46.2 Å². The van der Waals surface area contributed by atoms with Crippen molar-refractivity contribution < 1.29 is 5.11 Å². The van der Waals surface area contributed by atoms with E-state index in [0.717, 1.165) is 6.54 Å². The Kier molecular flexibility index (Phi) is 13.9. The summed E-state index contributed by atoms with van der Waals surface area (Å²) in [5.41, 5.74) is 5.39. The lowest BCUT2D eigenvalue weighted by molar-refractivity contribution is 0.476. The Hall–Kier alpha value is 0.430. The number of aromatic hydroxyl groups is 1. The highest BCUT2D eigenvalue weighted by Gasteiger charge is 2.18. The van der Waals surface area contributed by atoms with Gasteiger partial charge in [-0.15, -0.1) is 0 Å². The third-order valence-electron chi connectivity index (χ3n) is 3.24. The van der Waals surface area contributed by atoms with Gasteiger partial charge >= 0.3 is 0 Å². The van der Waals surface area contributed by atoms with Crippen molar-refractivity contribution in [2.75, 3.05) is 6.54 Å². The minimum atomic E-state index is -0.363. The number of unbranched alkanes of at least 4 members (excludes halogenated alkanes) is 7. The zero-order valence-electron chi connectivity index (χ0n) is 13.3. The SMILES string of the molecule is CCCCCCCCCCN.Oc1c(Cl)c(Cl)c(Cl)c(Cl)c1Cl. The normalized spacial score (nSPS) is 10.4. The number of benzene rings is 1. The highest BCUT2D eigenvalue weighted by molar-refractivity contribution is 6.55. The van der Waals surface area contributed by atoms with Crippen LogP contribution in [0.4, 0.5) is 0 Å². The summed E-state index contributed by atoms with van der Waals surface area (Å²) in [6, 6.07) is 0. The van der Waals surface area contributed by atoms with Crippen LogP contribution in [0.3, 0.4) is 0 Å². The van der Waals surface area contributed by atoms with Gasteiger partial charge in [0.15, 0.2) is 5.75 Å². The lowest BCUT2D eigenvalue weighted by atomic mass is 10.1. The largest absolute Gasteiger partial charge is 0.505 e. The average Bonchev–Trinajstić information content (AvgIpc) is 2.56. The van der Waals surface area contributed by atoms with Gasteiger partial charge < -0.3 is 10.8 Å². The summed E-state index contributed by atoms with van der Waals surface area (Å²) in [5, 5.41) is 9.01. The van der Waals surface area contributed by atoms with Crippen molar-refractivity contribution >= 4 is 58.0 Å². The molecule has 0 aliphatic heterocycles. The third kappa shape index (κ3) is 8.90. The van der Waals surface area contributed by atoms with Gasteiger partial charge in [0.2, 0.25) is 0 Å². The van der Waals surface area contributed by atoms with Crippen LogP contribution in [0.2, 0.25) is 25.1 Å². The van der Waals surface area contributed by atoms with E-state index in [9.17, 15) is 5.11 Å². The molecule has 1 rings (SSSR count). The molecule has 0 aromatic heterocycles. The van der Waals surface area contributed by atoms with Gasteiger partial charge in [0.05, 0.1) is 15.1 Å². The highest BCUT2D eigenvalue weighted by atomic mass is 35.5. The minimum absolute atomic E-state index is 0.00904. The van der Waals surface area contributed by atoms with E-state index in [1.54, 1.807) is 0 Å². The van der Waals surface area contributed by atoms with Crippen LogP contribution in [-0.4, -0.2) is 11.7 Å². The fourth-order valence-corrected chi connectivity index (χ4v) is 3.00. The van der Waals surface area contributed by atoms with Crippen LogP contribution in [0.1, 0.15) is 58.3 Å². The van der Waals surface area contributed by atoms with Gasteiger partial charge in [-0.3, -0.25) is 0 Å². The molecule has 23 heavy (non-hydrogen) atoms. The van der Waals surface area contributed by atoms with Gasteiger partial charge in [-0.05, 0) is 13.0 Å². The van der Waals surface area contributed by atoms with Crippen LogP contribution in [0.5, 0.6) is 5.75 Å². The van der Waals surface area contributed by atoms with Gasteiger partial charge in [-0.1, -0.05) is 110 Å². The van der Waals surface area contributed by atoms with Crippen LogP contribution in [0, 0.1) is 0 Å². The van der Waals surface area contributed by atoms with Crippen molar-refractivity contribution in [3.8, 4) is 5.75 Å². The number of rotatable bonds is 8. The van der Waals surface area contributed by atoms with Gasteiger partial charge in [0, 0.05) is 0 Å². The van der Waals surface area contributed by atoms with E-state index in [4.69, 9.17) is 63.7 Å². The standard InChI is InChI=1S/C10H23N.C6HCl5O/c1-2-3-4-5-6-7-8-9-10-11;7-1-2(8)4(10)6(12)5(11)3(1)9/h2-11H2,1H3;12H. The first-order chi connectivity index (χ1) is 10.9. The molecule has 3 N–H and O–H groups in total. The number of hydrogen-bond acceptors (Lipinski definition) is 2. The smallest absolute Gasteiger partial charge is 0.155 e. The molecule has 7 heteroatoms. The second kappa shape index (κ2) is 13.7. The fourth-order valence-electron chi connectivity index (χ4n) is 1.87. The Morgan fingerprint density at radius 3 is 1.39 bits per heavy atom. The Morgan fingerprint density at radius 2 is 1.00 bits per heavy atom. The van der Waals surface area contributed by atoms with Crippen LogP contribution in [0.15, 0.2) is 0 Å². The first-order valence-electron chi connectivity index (χ1n) is 7.78. The third-order valence-corrected chi connectivity index (χ3v) is 5.50. The maximum absolute atomic E-state index is 9.20. The molecule has 0 spiro atoms. The van der Waals surface area contributed by atoms with E-state index < -0.39 is 0 Å². The number of halogens is 5. The number of phenols is 1. The van der Waals surface area contributed by atoms with E-state index in [0.29, 0.717) is 0 Å². The van der Waals surface area contributed by atoms with Crippen molar-refractivity contribution in [3.05, 3.63) is 25.1 Å². The van der Waals surface area contributed by atoms with E-state index in [-0.39, 0.29) is 30.9 Å². The molecular formula is C16H24Cl5NO. The molecule has 2 nitrogen and oxygen atoms in total. The molecule has 0 fully saturated rings. The summed E-state index contributed by atoms with van der Waals surface area (Å²) in [5.74, 6) is -0.363. The predicted molar refractivity (Wildman–Crippen MR) is 105 cm³/mol. The van der Waals surface area contributed by atoms with Gasteiger partial charge in [0.1, 0.15) is 10.0 Å². The molecule has 1 aromatic rings. The highest BCUT2D eigenvalue weighted by Crippen LogP contribution is 2.47. The summed E-state index contributed by atoms with van der Waals surface area (Å²) >= 11 is 27.9. The molecule has 0 unspecified atom stereocenters. The lowest BCUT2D eigenvalue weighted by Gasteiger charge is -2.06. The molecule has 134 valence electrons. The Labute approximate surface area is 164 Å². The summed E-state index contributed by atoms with van der Waals surface area (Å²) in [6.45, 7) is 3.13. The molecule has 0 saturated carbocycles. The number of hydrogen-bond donors (Lipinski definition) is 2. The summed E-state index contributed by atoms with van der Waals surface area (Å²) in [6.07, 6.45) is 11.0. The van der Waals surface area contributed by atoms with Crippen molar-refractivity contribution in [1.82, 2.24) is 0 Å². The maximum atomic E-state index is 9.20. The average molecular weight is 424 g/mol. The fraction of sp³-hybridized carbons (Fsp3) is 0.625. The second-order valence-electron chi connectivity index (χ2n) is 5.18. The molecule has 1 aromatic carbocycles. The van der Waals surface area contributed by atoms with Crippen LogP contribution in [0.25, 0.3) is 0 Å². The molecule has 0 saturated heterocycles. The van der Waals surface area contributed by atoms with Crippen LogP contribution < -0.4 is 5.73 Å². The Morgan fingerprint density at radius 1 is 0.652 bits per heavy atom. The predicted octanol–water partition coefficient (Wildman–Crippen LogP) is 7.75. The Bertz CT molecular complexity index is 355. The van der Waals surface area contributed by atoms with Crippen molar-refractivity contribution in [3.63, 3.8) is 0 Å². The first kappa shape index (κ1) is 23.4. The maximum Gasteiger partial charge on any atom is 0.155 e. The van der Waals surface area contributed by atoms with Gasteiger partial charge in [-0.2, -0.15) is 0 Å². The second-order valence-corrected chi connectivity index (χ2v) is 7.07. The van der Waals surface area contributed by atoms with E-state index in [1.165, 1.54) is 51.4 Å². The Balaban J connectivity index is 0.000000423. The van der Waals surface area contributed by atoms with E-state index in [1.807, 2.05) is 0 Å². The first-order valence-corrected chi connectivity index (χ1v) is 9.67. The lowest BCUT2D eigenvalue weighted by Crippen LogP contribution is -1.97. The van der Waals surface area contributed by atoms with Crippen molar-refractivity contribution in [2.45, 2.75) is 58.3 Å². The molecule has 0 atom stereocenters. The number of nitrogens with two attached hydrogens (primary N) is 1. The van der Waals surface area contributed by atoms with E-state index in [2.05, 4.69) is 6.92 Å².